The maximum atomic E-state index is 12.1. The van der Waals surface area contributed by atoms with Gasteiger partial charge < -0.3 is 5.73 Å². The van der Waals surface area contributed by atoms with Gasteiger partial charge >= 0.3 is 0 Å². The summed E-state index contributed by atoms with van der Waals surface area (Å²) in [5, 5.41) is 0. The summed E-state index contributed by atoms with van der Waals surface area (Å²) in [5.74, 6) is 0.354. The second kappa shape index (κ2) is 5.44. The Labute approximate surface area is 98.8 Å². The van der Waals surface area contributed by atoms with Gasteiger partial charge in [0.05, 0.1) is 0 Å². The molecule has 1 aliphatic rings. The van der Waals surface area contributed by atoms with E-state index in [9.17, 15) is 8.42 Å². The van der Waals surface area contributed by atoms with Gasteiger partial charge in [0, 0.05) is 26.2 Å². The molecule has 2 unspecified atom stereocenters. The van der Waals surface area contributed by atoms with E-state index in [0.717, 1.165) is 12.8 Å². The van der Waals surface area contributed by atoms with E-state index >= 15 is 0 Å². The average molecular weight is 249 g/mol. The minimum Gasteiger partial charge on any atom is -0.330 e. The molecule has 0 aromatic heterocycles. The Hall–Kier alpha value is -0.170. The fraction of sp³-hybridized carbons (Fsp3) is 1.00. The lowest BCUT2D eigenvalue weighted by molar-refractivity contribution is 0.202. The zero-order chi connectivity index (χ0) is 12.3. The minimum atomic E-state index is -3.24. The Kier molecular flexibility index (Phi) is 4.73. The van der Waals surface area contributed by atoms with E-state index in [1.54, 1.807) is 11.4 Å². The molecule has 1 fully saturated rings. The summed E-state index contributed by atoms with van der Waals surface area (Å²) in [6.45, 7) is 5.78. The molecule has 0 aromatic rings. The van der Waals surface area contributed by atoms with Gasteiger partial charge in [-0.3, -0.25) is 0 Å². The molecule has 0 bridgehead atoms. The van der Waals surface area contributed by atoms with Crippen LogP contribution in [0.2, 0.25) is 0 Å². The van der Waals surface area contributed by atoms with Crippen molar-refractivity contribution in [3.05, 3.63) is 0 Å². The van der Waals surface area contributed by atoms with E-state index in [0.29, 0.717) is 25.6 Å². The Balaban J connectivity index is 2.85. The number of nitrogens with zero attached hydrogens (tertiary/aromatic N) is 2. The smallest absolute Gasteiger partial charge is 0.281 e. The van der Waals surface area contributed by atoms with Crippen molar-refractivity contribution in [1.82, 2.24) is 8.61 Å². The number of hydrogen-bond acceptors (Lipinski definition) is 3. The predicted molar refractivity (Wildman–Crippen MR) is 65.2 cm³/mol. The molecule has 0 amide bonds. The highest BCUT2D eigenvalue weighted by Gasteiger charge is 2.37. The molecule has 2 N–H and O–H groups in total. The topological polar surface area (TPSA) is 66.6 Å². The number of nitrogens with two attached hydrogens (primary N) is 1. The van der Waals surface area contributed by atoms with E-state index in [1.807, 2.05) is 13.8 Å². The zero-order valence-corrected chi connectivity index (χ0v) is 11.2. The van der Waals surface area contributed by atoms with Crippen molar-refractivity contribution in [3.63, 3.8) is 0 Å². The van der Waals surface area contributed by atoms with Gasteiger partial charge in [-0.1, -0.05) is 6.92 Å². The van der Waals surface area contributed by atoms with Gasteiger partial charge in [0.15, 0.2) is 0 Å². The molecule has 1 heterocycles. The highest BCUT2D eigenvalue weighted by molar-refractivity contribution is 7.86. The standard InChI is InChI=1S/C10H23N3O2S/c1-4-9(2)13-8-10(5-6-11)7-12(3)16(13,14)15/h9-10H,4-8,11H2,1-3H3. The normalized spacial score (nSPS) is 29.1. The summed E-state index contributed by atoms with van der Waals surface area (Å²) in [6.07, 6.45) is 1.72. The van der Waals surface area contributed by atoms with Gasteiger partial charge in [0.2, 0.25) is 0 Å². The van der Waals surface area contributed by atoms with Crippen LogP contribution in [0.5, 0.6) is 0 Å². The third-order valence-corrected chi connectivity index (χ3v) is 5.34. The first-order valence-electron chi connectivity index (χ1n) is 5.86. The molecule has 2 atom stereocenters. The Morgan fingerprint density at radius 1 is 1.44 bits per heavy atom. The van der Waals surface area contributed by atoms with E-state index < -0.39 is 10.2 Å². The molecule has 0 aromatic carbocycles. The van der Waals surface area contributed by atoms with Crippen LogP contribution in [0.3, 0.4) is 0 Å². The van der Waals surface area contributed by atoms with Crippen molar-refractivity contribution >= 4 is 10.2 Å². The second-order valence-corrected chi connectivity index (χ2v) is 6.55. The molecular weight excluding hydrogens is 226 g/mol. The number of hydrogen-bond donors (Lipinski definition) is 1. The molecule has 96 valence electrons. The van der Waals surface area contributed by atoms with Gasteiger partial charge in [-0.2, -0.15) is 17.0 Å². The summed E-state index contributed by atoms with van der Waals surface area (Å²) < 4.78 is 27.2. The molecule has 6 heteroatoms. The molecule has 0 spiro atoms. The molecule has 1 rings (SSSR count). The van der Waals surface area contributed by atoms with Crippen LogP contribution in [0.15, 0.2) is 0 Å². The molecule has 0 saturated carbocycles. The predicted octanol–water partition coefficient (Wildman–Crippen LogP) is 0.242. The van der Waals surface area contributed by atoms with Crippen molar-refractivity contribution in [2.45, 2.75) is 32.7 Å². The Bertz CT molecular complexity index is 318. The first-order valence-corrected chi connectivity index (χ1v) is 7.26. The lowest BCUT2D eigenvalue weighted by atomic mass is 10.0. The molecule has 1 aliphatic heterocycles. The largest absolute Gasteiger partial charge is 0.330 e. The van der Waals surface area contributed by atoms with Crippen LogP contribution in [0, 0.1) is 5.92 Å². The van der Waals surface area contributed by atoms with Crippen LogP contribution in [-0.2, 0) is 10.2 Å². The van der Waals surface area contributed by atoms with E-state index in [4.69, 9.17) is 5.73 Å². The van der Waals surface area contributed by atoms with Crippen LogP contribution in [-0.4, -0.2) is 49.8 Å². The summed E-state index contributed by atoms with van der Waals surface area (Å²) in [6, 6.07) is 0.0630. The van der Waals surface area contributed by atoms with Crippen LogP contribution in [0.1, 0.15) is 26.7 Å². The van der Waals surface area contributed by atoms with Crippen molar-refractivity contribution in [2.75, 3.05) is 26.7 Å². The third kappa shape index (κ3) is 2.74. The summed E-state index contributed by atoms with van der Waals surface area (Å²) in [5.41, 5.74) is 5.54. The Morgan fingerprint density at radius 3 is 2.56 bits per heavy atom. The second-order valence-electron chi connectivity index (χ2n) is 4.56. The zero-order valence-electron chi connectivity index (χ0n) is 10.4. The fourth-order valence-electron chi connectivity index (χ4n) is 2.07. The molecule has 16 heavy (non-hydrogen) atoms. The maximum absolute atomic E-state index is 12.1. The van der Waals surface area contributed by atoms with Gasteiger partial charge in [-0.05, 0) is 32.2 Å². The molecule has 0 radical (unpaired) electrons. The van der Waals surface area contributed by atoms with Gasteiger partial charge in [0.1, 0.15) is 0 Å². The van der Waals surface area contributed by atoms with E-state index in [1.165, 1.54) is 4.31 Å². The number of rotatable bonds is 4. The van der Waals surface area contributed by atoms with Gasteiger partial charge in [-0.15, -0.1) is 0 Å². The lowest BCUT2D eigenvalue weighted by Crippen LogP contribution is -2.55. The van der Waals surface area contributed by atoms with Crippen molar-refractivity contribution in [1.29, 1.82) is 0 Å². The molecule has 1 saturated heterocycles. The van der Waals surface area contributed by atoms with Crippen molar-refractivity contribution in [3.8, 4) is 0 Å². The lowest BCUT2D eigenvalue weighted by Gasteiger charge is -2.40. The highest BCUT2D eigenvalue weighted by atomic mass is 32.2. The van der Waals surface area contributed by atoms with Crippen molar-refractivity contribution in [2.24, 2.45) is 11.7 Å². The molecule has 5 nitrogen and oxygen atoms in total. The fourth-order valence-corrected chi connectivity index (χ4v) is 3.83. The average Bonchev–Trinajstić information content (AvgIpc) is 2.22. The SMILES string of the molecule is CCC(C)N1CC(CCN)CN(C)S1(=O)=O. The Morgan fingerprint density at radius 2 is 2.06 bits per heavy atom. The quantitative estimate of drug-likeness (QED) is 0.776. The summed E-state index contributed by atoms with van der Waals surface area (Å²) >= 11 is 0. The maximum Gasteiger partial charge on any atom is 0.281 e. The molecular formula is C10H23N3O2S. The minimum absolute atomic E-state index is 0.0630. The summed E-state index contributed by atoms with van der Waals surface area (Å²) in [4.78, 5) is 0. The summed E-state index contributed by atoms with van der Waals surface area (Å²) in [7, 11) is -1.59. The van der Waals surface area contributed by atoms with Crippen molar-refractivity contribution < 1.29 is 8.42 Å². The van der Waals surface area contributed by atoms with E-state index in [-0.39, 0.29) is 6.04 Å². The van der Waals surface area contributed by atoms with Crippen LogP contribution in [0.25, 0.3) is 0 Å². The van der Waals surface area contributed by atoms with E-state index in [2.05, 4.69) is 0 Å². The van der Waals surface area contributed by atoms with Gasteiger partial charge in [0.25, 0.3) is 10.2 Å². The van der Waals surface area contributed by atoms with Crippen LogP contribution in [0.4, 0.5) is 0 Å². The highest BCUT2D eigenvalue weighted by Crippen LogP contribution is 2.23. The molecule has 0 aliphatic carbocycles. The monoisotopic (exact) mass is 249 g/mol. The first-order chi connectivity index (χ1) is 7.43. The third-order valence-electron chi connectivity index (χ3n) is 3.30. The van der Waals surface area contributed by atoms with Crippen LogP contribution < -0.4 is 5.73 Å². The van der Waals surface area contributed by atoms with Crippen LogP contribution >= 0.6 is 0 Å². The van der Waals surface area contributed by atoms with Gasteiger partial charge in [-0.25, -0.2) is 0 Å². The first kappa shape index (κ1) is 13.9.